The number of amides is 1. The molecule has 4 aromatic heterocycles. The van der Waals surface area contributed by atoms with Crippen LogP contribution in [-0.2, 0) is 17.8 Å². The van der Waals surface area contributed by atoms with Crippen LogP contribution in [0.3, 0.4) is 0 Å². The highest BCUT2D eigenvalue weighted by Crippen LogP contribution is 2.26. The molecule has 0 aliphatic carbocycles. The van der Waals surface area contributed by atoms with E-state index in [-0.39, 0.29) is 5.91 Å². The van der Waals surface area contributed by atoms with Gasteiger partial charge in [0, 0.05) is 42.5 Å². The summed E-state index contributed by atoms with van der Waals surface area (Å²) in [7, 11) is 0. The van der Waals surface area contributed by atoms with Gasteiger partial charge in [-0.2, -0.15) is 16.3 Å². The summed E-state index contributed by atoms with van der Waals surface area (Å²) in [4.78, 5) is 27.0. The molecule has 154 valence electrons. The van der Waals surface area contributed by atoms with E-state index in [0.717, 1.165) is 34.2 Å². The van der Waals surface area contributed by atoms with E-state index >= 15 is 0 Å². The first-order chi connectivity index (χ1) is 14.7. The monoisotopic (exact) mass is 457 g/mol. The molecule has 1 saturated heterocycles. The topological polar surface area (TPSA) is 75.4 Å². The Balaban J connectivity index is 1.12. The third-order valence-electron chi connectivity index (χ3n) is 4.95. The number of aromatic nitrogens is 3. The van der Waals surface area contributed by atoms with Crippen molar-refractivity contribution in [3.8, 4) is 21.3 Å². The van der Waals surface area contributed by atoms with Gasteiger partial charge in [-0.05, 0) is 22.9 Å². The van der Waals surface area contributed by atoms with Gasteiger partial charge in [0.25, 0.3) is 0 Å². The van der Waals surface area contributed by atoms with E-state index < -0.39 is 0 Å². The van der Waals surface area contributed by atoms with E-state index in [0.29, 0.717) is 37.8 Å². The molecule has 1 fully saturated rings. The lowest BCUT2D eigenvalue weighted by molar-refractivity contribution is -0.132. The van der Waals surface area contributed by atoms with Crippen LogP contribution < -0.4 is 0 Å². The van der Waals surface area contributed by atoms with E-state index in [1.807, 2.05) is 33.2 Å². The summed E-state index contributed by atoms with van der Waals surface area (Å²) >= 11 is 4.84. The van der Waals surface area contributed by atoms with Crippen LogP contribution in [0.4, 0.5) is 0 Å². The Kier molecular flexibility index (Phi) is 5.71. The van der Waals surface area contributed by atoms with Crippen LogP contribution in [-0.4, -0.2) is 57.0 Å². The lowest BCUT2D eigenvalue weighted by Gasteiger charge is -2.33. The molecule has 5 rings (SSSR count). The van der Waals surface area contributed by atoms with E-state index in [1.165, 1.54) is 0 Å². The molecule has 1 amide bonds. The third kappa shape index (κ3) is 4.36. The van der Waals surface area contributed by atoms with Crippen molar-refractivity contribution < 1.29 is 9.32 Å². The van der Waals surface area contributed by atoms with Gasteiger partial charge in [-0.15, -0.1) is 22.7 Å². The smallest absolute Gasteiger partial charge is 0.241 e. The molecule has 1 aliphatic heterocycles. The van der Waals surface area contributed by atoms with Crippen LogP contribution in [0.15, 0.2) is 44.2 Å². The largest absolute Gasteiger partial charge is 0.340 e. The van der Waals surface area contributed by atoms with E-state index in [1.54, 1.807) is 34.0 Å². The Hall–Kier alpha value is -2.40. The predicted octanol–water partition coefficient (Wildman–Crippen LogP) is 3.87. The van der Waals surface area contributed by atoms with E-state index in [9.17, 15) is 4.79 Å². The Bertz CT molecular complexity index is 1100. The number of thiazole rings is 1. The van der Waals surface area contributed by atoms with E-state index in [4.69, 9.17) is 4.52 Å². The van der Waals surface area contributed by atoms with Crippen LogP contribution >= 0.6 is 34.0 Å². The van der Waals surface area contributed by atoms with Gasteiger partial charge in [0.05, 0.1) is 23.5 Å². The molecule has 1 aliphatic rings. The quantitative estimate of drug-likeness (QED) is 0.438. The van der Waals surface area contributed by atoms with Crippen LogP contribution in [0.25, 0.3) is 21.3 Å². The number of thiophene rings is 2. The molecule has 0 radical (unpaired) electrons. The van der Waals surface area contributed by atoms with Gasteiger partial charge in [0.2, 0.25) is 17.6 Å². The highest BCUT2D eigenvalue weighted by Gasteiger charge is 2.23. The molecule has 0 N–H and O–H groups in total. The zero-order valence-corrected chi connectivity index (χ0v) is 18.5. The molecule has 10 heteroatoms. The van der Waals surface area contributed by atoms with Crippen molar-refractivity contribution in [3.63, 3.8) is 0 Å². The average Bonchev–Trinajstić information content (AvgIpc) is 3.55. The van der Waals surface area contributed by atoms with Crippen LogP contribution in [0.1, 0.15) is 11.6 Å². The molecule has 0 unspecified atom stereocenters. The number of hydrogen-bond acceptors (Lipinski definition) is 9. The maximum atomic E-state index is 12.7. The van der Waals surface area contributed by atoms with E-state index in [2.05, 4.69) is 31.5 Å². The average molecular weight is 458 g/mol. The van der Waals surface area contributed by atoms with Crippen molar-refractivity contribution in [3.05, 3.63) is 51.3 Å². The number of nitrogens with zero attached hydrogens (tertiary/aromatic N) is 5. The highest BCUT2D eigenvalue weighted by atomic mass is 32.1. The molecule has 0 saturated carbocycles. The third-order valence-corrected chi connectivity index (χ3v) is 7.43. The fourth-order valence-corrected chi connectivity index (χ4v) is 5.53. The molecule has 0 spiro atoms. The number of piperazine rings is 1. The zero-order valence-electron chi connectivity index (χ0n) is 16.1. The molecule has 0 bridgehead atoms. The molecule has 4 aromatic rings. The molecule has 5 heterocycles. The maximum Gasteiger partial charge on any atom is 0.241 e. The van der Waals surface area contributed by atoms with Crippen molar-refractivity contribution in [2.24, 2.45) is 0 Å². The molecular weight excluding hydrogens is 438 g/mol. The lowest BCUT2D eigenvalue weighted by Crippen LogP contribution is -2.48. The van der Waals surface area contributed by atoms with Gasteiger partial charge >= 0.3 is 0 Å². The zero-order chi connectivity index (χ0) is 20.3. The number of rotatable bonds is 6. The normalized spacial score (nSPS) is 15.0. The Labute approximate surface area is 185 Å². The Morgan fingerprint density at radius 3 is 2.73 bits per heavy atom. The molecular formula is C20H19N5O2S3. The minimum atomic E-state index is 0.134. The summed E-state index contributed by atoms with van der Waals surface area (Å²) in [6.07, 6.45) is 0.356. The van der Waals surface area contributed by atoms with Crippen molar-refractivity contribution in [2.45, 2.75) is 13.0 Å². The summed E-state index contributed by atoms with van der Waals surface area (Å²) in [6, 6.07) is 6.01. The molecule has 0 aromatic carbocycles. The van der Waals surface area contributed by atoms with Gasteiger partial charge < -0.3 is 9.42 Å². The van der Waals surface area contributed by atoms with Crippen molar-refractivity contribution >= 4 is 39.9 Å². The summed E-state index contributed by atoms with van der Waals surface area (Å²) in [5, 5.41) is 13.1. The van der Waals surface area contributed by atoms with Gasteiger partial charge in [0.1, 0.15) is 5.01 Å². The second kappa shape index (κ2) is 8.76. The van der Waals surface area contributed by atoms with Crippen molar-refractivity contribution in [1.29, 1.82) is 0 Å². The predicted molar refractivity (Wildman–Crippen MR) is 119 cm³/mol. The van der Waals surface area contributed by atoms with Gasteiger partial charge in [-0.25, -0.2) is 4.98 Å². The highest BCUT2D eigenvalue weighted by molar-refractivity contribution is 7.14. The summed E-state index contributed by atoms with van der Waals surface area (Å²) in [6.45, 7) is 3.59. The first kappa shape index (κ1) is 19.6. The van der Waals surface area contributed by atoms with Crippen LogP contribution in [0, 0.1) is 0 Å². The van der Waals surface area contributed by atoms with Crippen molar-refractivity contribution in [2.75, 3.05) is 26.2 Å². The lowest BCUT2D eigenvalue weighted by atomic mass is 10.2. The number of carbonyl (C=O) groups is 1. The SMILES string of the molecule is O=C(Cc1csc(-c2ccsc2)n1)N1CCN(Cc2nc(-c3cccs3)no2)CC1. The summed E-state index contributed by atoms with van der Waals surface area (Å²) in [5.74, 6) is 1.38. The van der Waals surface area contributed by atoms with Gasteiger partial charge in [-0.3, -0.25) is 9.69 Å². The fraction of sp³-hybridized carbons (Fsp3) is 0.300. The summed E-state index contributed by atoms with van der Waals surface area (Å²) in [5.41, 5.74) is 1.97. The minimum Gasteiger partial charge on any atom is -0.340 e. The first-order valence-corrected chi connectivity index (χ1v) is 12.3. The molecule has 0 atom stereocenters. The first-order valence-electron chi connectivity index (χ1n) is 9.58. The Morgan fingerprint density at radius 1 is 1.07 bits per heavy atom. The minimum absolute atomic E-state index is 0.134. The van der Waals surface area contributed by atoms with Crippen LogP contribution in [0.2, 0.25) is 0 Å². The van der Waals surface area contributed by atoms with Gasteiger partial charge in [-0.1, -0.05) is 11.2 Å². The second-order valence-corrected chi connectivity index (χ2v) is 9.56. The fourth-order valence-electron chi connectivity index (χ4n) is 3.35. The standard InChI is InChI=1S/C20H19N5O2S3/c26-18(10-15-13-30-20(21-15)14-3-9-28-12-14)25-6-4-24(5-7-25)11-17-22-19(23-27-17)16-2-1-8-29-16/h1-3,8-9,12-13H,4-7,10-11H2. The number of hydrogen-bond donors (Lipinski definition) is 0. The van der Waals surface area contributed by atoms with Crippen LogP contribution in [0.5, 0.6) is 0 Å². The Morgan fingerprint density at radius 2 is 1.97 bits per heavy atom. The maximum absolute atomic E-state index is 12.7. The van der Waals surface area contributed by atoms with Gasteiger partial charge in [0.15, 0.2) is 0 Å². The molecule has 7 nitrogen and oxygen atoms in total. The summed E-state index contributed by atoms with van der Waals surface area (Å²) < 4.78 is 5.39. The molecule has 30 heavy (non-hydrogen) atoms. The van der Waals surface area contributed by atoms with Crippen molar-refractivity contribution in [1.82, 2.24) is 24.9 Å². The second-order valence-electron chi connectivity index (χ2n) is 6.98. The number of carbonyl (C=O) groups excluding carboxylic acids is 1.